The van der Waals surface area contributed by atoms with E-state index in [1.807, 2.05) is 0 Å². The lowest BCUT2D eigenvalue weighted by Crippen LogP contribution is -2.48. The molecule has 5 nitrogen and oxygen atoms in total. The van der Waals surface area contributed by atoms with Gasteiger partial charge in [0.25, 0.3) is 0 Å². The number of benzene rings is 1. The number of carbonyl (C=O) groups is 2. The van der Waals surface area contributed by atoms with Crippen LogP contribution in [0.5, 0.6) is 0 Å². The van der Waals surface area contributed by atoms with E-state index in [0.717, 1.165) is 12.1 Å². The molecule has 1 rings (SSSR count). The smallest absolute Gasteiger partial charge is 0.329 e. The Balaban J connectivity index is 2.76. The number of nitrogens with one attached hydrogen (secondary N) is 2. The minimum Gasteiger partial charge on any atom is -0.458 e. The SMILES string of the molecule is CC(C)[C@H](NC(=O)Nc1ccc(F)cc1F)C(=O)OC(C)(C)C. The number of halogens is 2. The number of urea groups is 1. The van der Waals surface area contributed by atoms with E-state index in [1.54, 1.807) is 34.6 Å². The van der Waals surface area contributed by atoms with E-state index < -0.39 is 35.3 Å². The van der Waals surface area contributed by atoms with E-state index in [0.29, 0.717) is 6.07 Å². The van der Waals surface area contributed by atoms with Crippen molar-refractivity contribution < 1.29 is 23.1 Å². The summed E-state index contributed by atoms with van der Waals surface area (Å²) in [6.07, 6.45) is 0. The maximum Gasteiger partial charge on any atom is 0.329 e. The predicted molar refractivity (Wildman–Crippen MR) is 83.0 cm³/mol. The van der Waals surface area contributed by atoms with Crippen LogP contribution in [-0.4, -0.2) is 23.6 Å². The van der Waals surface area contributed by atoms with Crippen LogP contribution in [0.2, 0.25) is 0 Å². The van der Waals surface area contributed by atoms with Crippen LogP contribution in [0.15, 0.2) is 18.2 Å². The zero-order chi connectivity index (χ0) is 17.8. The first kappa shape index (κ1) is 18.9. The molecular formula is C16H22F2N2O3. The third-order valence-electron chi connectivity index (χ3n) is 2.79. The van der Waals surface area contributed by atoms with E-state index in [1.165, 1.54) is 0 Å². The van der Waals surface area contributed by atoms with Gasteiger partial charge in [-0.1, -0.05) is 13.8 Å². The summed E-state index contributed by atoms with van der Waals surface area (Å²) in [5.41, 5.74) is -0.874. The van der Waals surface area contributed by atoms with Crippen molar-refractivity contribution in [2.24, 2.45) is 5.92 Å². The first-order valence-corrected chi connectivity index (χ1v) is 7.25. The molecule has 0 aliphatic heterocycles. The fraction of sp³-hybridized carbons (Fsp3) is 0.500. The van der Waals surface area contributed by atoms with Crippen molar-refractivity contribution in [3.63, 3.8) is 0 Å². The molecule has 0 aliphatic carbocycles. The van der Waals surface area contributed by atoms with Crippen molar-refractivity contribution in [1.29, 1.82) is 0 Å². The molecule has 23 heavy (non-hydrogen) atoms. The Labute approximate surface area is 134 Å². The molecule has 1 atom stereocenters. The Kier molecular flexibility index (Phi) is 6.06. The van der Waals surface area contributed by atoms with Crippen molar-refractivity contribution in [2.75, 3.05) is 5.32 Å². The van der Waals surface area contributed by atoms with E-state index in [-0.39, 0.29) is 11.6 Å². The van der Waals surface area contributed by atoms with Gasteiger partial charge in [0.1, 0.15) is 23.3 Å². The number of esters is 1. The zero-order valence-corrected chi connectivity index (χ0v) is 13.9. The summed E-state index contributed by atoms with van der Waals surface area (Å²) in [7, 11) is 0. The summed E-state index contributed by atoms with van der Waals surface area (Å²) in [6, 6.07) is 1.11. The molecule has 1 aromatic rings. The number of hydrogen-bond acceptors (Lipinski definition) is 3. The summed E-state index contributed by atoms with van der Waals surface area (Å²) >= 11 is 0. The second kappa shape index (κ2) is 7.39. The number of hydrogen-bond donors (Lipinski definition) is 2. The van der Waals surface area contributed by atoms with Gasteiger partial charge in [-0.2, -0.15) is 0 Å². The largest absolute Gasteiger partial charge is 0.458 e. The predicted octanol–water partition coefficient (Wildman–Crippen LogP) is 3.45. The highest BCUT2D eigenvalue weighted by atomic mass is 19.1. The van der Waals surface area contributed by atoms with E-state index in [4.69, 9.17) is 4.74 Å². The number of ether oxygens (including phenoxy) is 1. The van der Waals surface area contributed by atoms with Gasteiger partial charge in [0.2, 0.25) is 0 Å². The van der Waals surface area contributed by atoms with E-state index >= 15 is 0 Å². The lowest BCUT2D eigenvalue weighted by molar-refractivity contribution is -0.158. The Morgan fingerprint density at radius 1 is 1.17 bits per heavy atom. The molecule has 2 N–H and O–H groups in total. The van der Waals surface area contributed by atoms with Crippen LogP contribution in [0.4, 0.5) is 19.3 Å². The standard InChI is InChI=1S/C16H22F2N2O3/c1-9(2)13(14(21)23-16(3,4)5)20-15(22)19-12-7-6-10(17)8-11(12)18/h6-9,13H,1-5H3,(H2,19,20,22)/t13-/m0/s1. The molecule has 0 saturated heterocycles. The van der Waals surface area contributed by atoms with Crippen molar-refractivity contribution in [2.45, 2.75) is 46.3 Å². The van der Waals surface area contributed by atoms with Gasteiger partial charge in [-0.25, -0.2) is 18.4 Å². The number of amides is 2. The molecular weight excluding hydrogens is 306 g/mol. The lowest BCUT2D eigenvalue weighted by Gasteiger charge is -2.26. The fourth-order valence-corrected chi connectivity index (χ4v) is 1.75. The molecule has 0 spiro atoms. The Bertz CT molecular complexity index is 583. The van der Waals surface area contributed by atoms with Crippen molar-refractivity contribution >= 4 is 17.7 Å². The molecule has 0 bridgehead atoms. The van der Waals surface area contributed by atoms with Gasteiger partial charge >= 0.3 is 12.0 Å². The Hall–Kier alpha value is -2.18. The molecule has 0 fully saturated rings. The summed E-state index contributed by atoms with van der Waals surface area (Å²) in [4.78, 5) is 24.1. The quantitative estimate of drug-likeness (QED) is 0.832. The molecule has 0 saturated carbocycles. The summed E-state index contributed by atoms with van der Waals surface area (Å²) in [5, 5.41) is 4.69. The van der Waals surface area contributed by atoms with Gasteiger partial charge < -0.3 is 15.4 Å². The number of rotatable bonds is 4. The van der Waals surface area contributed by atoms with Crippen LogP contribution >= 0.6 is 0 Å². The third kappa shape index (κ3) is 6.22. The normalized spacial score (nSPS) is 12.7. The second-order valence-electron chi connectivity index (χ2n) is 6.48. The molecule has 0 unspecified atom stereocenters. The van der Waals surface area contributed by atoms with Crippen molar-refractivity contribution in [3.8, 4) is 0 Å². The average Bonchev–Trinajstić information content (AvgIpc) is 2.36. The molecule has 7 heteroatoms. The average molecular weight is 328 g/mol. The Morgan fingerprint density at radius 3 is 2.26 bits per heavy atom. The Morgan fingerprint density at radius 2 is 1.78 bits per heavy atom. The lowest BCUT2D eigenvalue weighted by atomic mass is 10.0. The van der Waals surface area contributed by atoms with Crippen LogP contribution in [0.3, 0.4) is 0 Å². The van der Waals surface area contributed by atoms with Crippen LogP contribution in [-0.2, 0) is 9.53 Å². The molecule has 1 aromatic carbocycles. The number of carbonyl (C=O) groups excluding carboxylic acids is 2. The van der Waals surface area contributed by atoms with Gasteiger partial charge in [0.15, 0.2) is 0 Å². The molecule has 0 heterocycles. The van der Waals surface area contributed by atoms with Gasteiger partial charge in [-0.3, -0.25) is 0 Å². The summed E-state index contributed by atoms with van der Waals surface area (Å²) in [6.45, 7) is 8.64. The zero-order valence-electron chi connectivity index (χ0n) is 13.9. The van der Waals surface area contributed by atoms with Gasteiger partial charge in [-0.15, -0.1) is 0 Å². The van der Waals surface area contributed by atoms with Gasteiger partial charge in [-0.05, 0) is 38.8 Å². The topological polar surface area (TPSA) is 67.4 Å². The number of anilines is 1. The highest BCUT2D eigenvalue weighted by Crippen LogP contribution is 2.16. The first-order chi connectivity index (χ1) is 10.5. The van der Waals surface area contributed by atoms with Gasteiger partial charge in [0, 0.05) is 6.07 Å². The monoisotopic (exact) mass is 328 g/mol. The van der Waals surface area contributed by atoms with Gasteiger partial charge in [0.05, 0.1) is 5.69 Å². The third-order valence-corrected chi connectivity index (χ3v) is 2.79. The van der Waals surface area contributed by atoms with Crippen molar-refractivity contribution in [3.05, 3.63) is 29.8 Å². The molecule has 0 aliphatic rings. The minimum absolute atomic E-state index is 0.185. The highest BCUT2D eigenvalue weighted by molar-refractivity contribution is 5.92. The van der Waals surface area contributed by atoms with Crippen LogP contribution in [0.1, 0.15) is 34.6 Å². The van der Waals surface area contributed by atoms with Crippen LogP contribution in [0, 0.1) is 17.6 Å². The van der Waals surface area contributed by atoms with E-state index in [9.17, 15) is 18.4 Å². The molecule has 2 amide bonds. The fourth-order valence-electron chi connectivity index (χ4n) is 1.75. The summed E-state index contributed by atoms with van der Waals surface area (Å²) in [5.74, 6) is -2.46. The molecule has 0 radical (unpaired) electrons. The molecule has 128 valence electrons. The molecule has 0 aromatic heterocycles. The van der Waals surface area contributed by atoms with Crippen LogP contribution < -0.4 is 10.6 Å². The van der Waals surface area contributed by atoms with E-state index in [2.05, 4.69) is 10.6 Å². The van der Waals surface area contributed by atoms with Crippen LogP contribution in [0.25, 0.3) is 0 Å². The van der Waals surface area contributed by atoms with Crippen molar-refractivity contribution in [1.82, 2.24) is 5.32 Å². The first-order valence-electron chi connectivity index (χ1n) is 7.25. The summed E-state index contributed by atoms with van der Waals surface area (Å²) < 4.78 is 31.6. The second-order valence-corrected chi connectivity index (χ2v) is 6.48. The maximum absolute atomic E-state index is 13.5. The minimum atomic E-state index is -0.904. The maximum atomic E-state index is 13.5. The highest BCUT2D eigenvalue weighted by Gasteiger charge is 2.29.